The highest BCUT2D eigenvalue weighted by molar-refractivity contribution is 7.07. The van der Waals surface area contributed by atoms with Gasteiger partial charge in [0.05, 0.1) is 0 Å². The summed E-state index contributed by atoms with van der Waals surface area (Å²) in [5.74, 6) is 0. The quantitative estimate of drug-likeness (QED) is 0.872. The van der Waals surface area contributed by atoms with Crippen LogP contribution in [0.2, 0.25) is 0 Å². The summed E-state index contributed by atoms with van der Waals surface area (Å²) in [6, 6.07) is 3.47. The van der Waals surface area contributed by atoms with E-state index < -0.39 is 0 Å². The van der Waals surface area contributed by atoms with Crippen molar-refractivity contribution in [1.29, 1.82) is 0 Å². The van der Waals surface area contributed by atoms with Crippen molar-refractivity contribution in [2.45, 2.75) is 57.7 Å². The zero-order chi connectivity index (χ0) is 12.1. The summed E-state index contributed by atoms with van der Waals surface area (Å²) in [6.45, 7) is 4.61. The van der Waals surface area contributed by atoms with E-state index in [9.17, 15) is 0 Å². The van der Waals surface area contributed by atoms with E-state index in [1.54, 1.807) is 11.3 Å². The van der Waals surface area contributed by atoms with Gasteiger partial charge in [0.15, 0.2) is 0 Å². The van der Waals surface area contributed by atoms with Gasteiger partial charge in [-0.2, -0.15) is 11.3 Å². The average Bonchev–Trinajstić information content (AvgIpc) is 2.82. The van der Waals surface area contributed by atoms with Crippen LogP contribution in [0.25, 0.3) is 0 Å². The molecule has 17 heavy (non-hydrogen) atoms. The summed E-state index contributed by atoms with van der Waals surface area (Å²) in [5.41, 5.74) is 7.46. The molecule has 1 fully saturated rings. The third-order valence-corrected chi connectivity index (χ3v) is 4.47. The molecule has 96 valence electrons. The van der Waals surface area contributed by atoms with Gasteiger partial charge >= 0.3 is 0 Å². The molecule has 0 unspecified atom stereocenters. The molecule has 0 amide bonds. The van der Waals surface area contributed by atoms with Gasteiger partial charge in [-0.15, -0.1) is 0 Å². The molecule has 3 heteroatoms. The Morgan fingerprint density at radius 1 is 1.35 bits per heavy atom. The van der Waals surface area contributed by atoms with Crippen molar-refractivity contribution in [1.82, 2.24) is 4.90 Å². The second-order valence-corrected chi connectivity index (χ2v) is 5.95. The molecular weight excluding hydrogens is 228 g/mol. The van der Waals surface area contributed by atoms with E-state index in [-0.39, 0.29) is 0 Å². The van der Waals surface area contributed by atoms with Gasteiger partial charge in [-0.25, -0.2) is 0 Å². The molecule has 2 rings (SSSR count). The Morgan fingerprint density at radius 2 is 2.12 bits per heavy atom. The molecule has 0 bridgehead atoms. The Balaban J connectivity index is 1.92. The lowest BCUT2D eigenvalue weighted by molar-refractivity contribution is 0.142. The molecular formula is C14H24N2S. The van der Waals surface area contributed by atoms with Gasteiger partial charge in [-0.05, 0) is 61.0 Å². The van der Waals surface area contributed by atoms with Crippen molar-refractivity contribution in [3.05, 3.63) is 22.4 Å². The van der Waals surface area contributed by atoms with E-state index in [2.05, 4.69) is 28.7 Å². The molecule has 0 saturated heterocycles. The first kappa shape index (κ1) is 13.1. The minimum Gasteiger partial charge on any atom is -0.328 e. The molecule has 1 aliphatic carbocycles. The number of nitrogens with two attached hydrogens (primary N) is 1. The average molecular weight is 252 g/mol. The minimum atomic E-state index is 0.455. The van der Waals surface area contributed by atoms with Gasteiger partial charge in [0.25, 0.3) is 0 Å². The lowest BCUT2D eigenvalue weighted by Gasteiger charge is -2.35. The first-order valence-electron chi connectivity index (χ1n) is 6.80. The van der Waals surface area contributed by atoms with Crippen molar-refractivity contribution in [2.24, 2.45) is 5.73 Å². The molecule has 0 aliphatic heterocycles. The number of nitrogens with zero attached hydrogens (tertiary/aromatic N) is 1. The van der Waals surface area contributed by atoms with Crippen LogP contribution in [-0.2, 0) is 6.54 Å². The molecule has 0 atom stereocenters. The molecule has 1 aromatic heterocycles. The summed E-state index contributed by atoms with van der Waals surface area (Å²) in [6.07, 6.45) is 6.21. The Kier molecular flexibility index (Phi) is 5.01. The first-order chi connectivity index (χ1) is 8.29. The van der Waals surface area contributed by atoms with Crippen molar-refractivity contribution < 1.29 is 0 Å². The molecule has 1 aliphatic rings. The van der Waals surface area contributed by atoms with Gasteiger partial charge in [-0.3, -0.25) is 4.90 Å². The Labute approximate surface area is 109 Å². The van der Waals surface area contributed by atoms with Crippen LogP contribution in [0.3, 0.4) is 0 Å². The third-order valence-electron chi connectivity index (χ3n) is 3.73. The van der Waals surface area contributed by atoms with Crippen LogP contribution in [0, 0.1) is 0 Å². The van der Waals surface area contributed by atoms with Crippen LogP contribution in [-0.4, -0.2) is 23.5 Å². The van der Waals surface area contributed by atoms with E-state index in [1.165, 1.54) is 44.2 Å². The molecule has 1 saturated carbocycles. The molecule has 1 aromatic rings. The molecule has 0 aromatic carbocycles. The normalized spacial score (nSPS) is 25.4. The molecule has 1 heterocycles. The molecule has 2 nitrogen and oxygen atoms in total. The molecule has 2 N–H and O–H groups in total. The monoisotopic (exact) mass is 252 g/mol. The lowest BCUT2D eigenvalue weighted by Crippen LogP contribution is -2.40. The van der Waals surface area contributed by atoms with Crippen molar-refractivity contribution in [2.75, 3.05) is 6.54 Å². The van der Waals surface area contributed by atoms with Crippen molar-refractivity contribution in [3.8, 4) is 0 Å². The topological polar surface area (TPSA) is 29.3 Å². The van der Waals surface area contributed by atoms with Crippen LogP contribution in [0.1, 0.15) is 44.6 Å². The van der Waals surface area contributed by atoms with Gasteiger partial charge in [0, 0.05) is 18.6 Å². The minimum absolute atomic E-state index is 0.455. The van der Waals surface area contributed by atoms with Crippen LogP contribution in [0.4, 0.5) is 0 Å². The number of hydrogen-bond acceptors (Lipinski definition) is 3. The molecule has 0 radical (unpaired) electrons. The van der Waals surface area contributed by atoms with E-state index in [0.717, 1.165) is 12.6 Å². The highest BCUT2D eigenvalue weighted by atomic mass is 32.1. The number of hydrogen-bond donors (Lipinski definition) is 1. The number of rotatable bonds is 5. The Hall–Kier alpha value is -0.380. The second-order valence-electron chi connectivity index (χ2n) is 5.17. The standard InChI is InChI=1S/C14H24N2S/c1-2-8-16(10-12-7-9-17-11-12)14-5-3-13(15)4-6-14/h7,9,11,13-14H,2-6,8,10,15H2,1H3. The van der Waals surface area contributed by atoms with Gasteiger partial charge < -0.3 is 5.73 Å². The van der Waals surface area contributed by atoms with Crippen molar-refractivity contribution in [3.63, 3.8) is 0 Å². The summed E-state index contributed by atoms with van der Waals surface area (Å²) in [4.78, 5) is 2.66. The SMILES string of the molecule is CCCN(Cc1ccsc1)C1CCC(N)CC1. The Morgan fingerprint density at radius 3 is 2.71 bits per heavy atom. The van der Waals surface area contributed by atoms with E-state index >= 15 is 0 Å². The summed E-state index contributed by atoms with van der Waals surface area (Å²) < 4.78 is 0. The van der Waals surface area contributed by atoms with E-state index in [0.29, 0.717) is 6.04 Å². The molecule has 0 spiro atoms. The summed E-state index contributed by atoms with van der Waals surface area (Å²) in [7, 11) is 0. The largest absolute Gasteiger partial charge is 0.328 e. The first-order valence-corrected chi connectivity index (χ1v) is 7.74. The van der Waals surface area contributed by atoms with Crippen LogP contribution in [0.15, 0.2) is 16.8 Å². The highest BCUT2D eigenvalue weighted by Gasteiger charge is 2.23. The predicted octanol–water partition coefficient (Wildman–Crippen LogP) is 3.23. The number of thiophene rings is 1. The lowest BCUT2D eigenvalue weighted by atomic mass is 9.90. The maximum atomic E-state index is 5.99. The Bertz CT molecular complexity index is 302. The van der Waals surface area contributed by atoms with Gasteiger partial charge in [-0.1, -0.05) is 6.92 Å². The van der Waals surface area contributed by atoms with E-state index in [4.69, 9.17) is 5.73 Å². The van der Waals surface area contributed by atoms with Gasteiger partial charge in [0.2, 0.25) is 0 Å². The third kappa shape index (κ3) is 3.80. The zero-order valence-corrected chi connectivity index (χ0v) is 11.6. The fourth-order valence-corrected chi connectivity index (χ4v) is 3.42. The fraction of sp³-hybridized carbons (Fsp3) is 0.714. The van der Waals surface area contributed by atoms with Crippen LogP contribution >= 0.6 is 11.3 Å². The van der Waals surface area contributed by atoms with Crippen LogP contribution < -0.4 is 5.73 Å². The van der Waals surface area contributed by atoms with Crippen LogP contribution in [0.5, 0.6) is 0 Å². The maximum Gasteiger partial charge on any atom is 0.0244 e. The summed E-state index contributed by atoms with van der Waals surface area (Å²) in [5, 5.41) is 4.45. The highest BCUT2D eigenvalue weighted by Crippen LogP contribution is 2.24. The van der Waals surface area contributed by atoms with E-state index in [1.807, 2.05) is 0 Å². The van der Waals surface area contributed by atoms with Crippen molar-refractivity contribution >= 4 is 11.3 Å². The van der Waals surface area contributed by atoms with Gasteiger partial charge in [0.1, 0.15) is 0 Å². The smallest absolute Gasteiger partial charge is 0.0244 e. The maximum absolute atomic E-state index is 5.99. The zero-order valence-electron chi connectivity index (χ0n) is 10.8. The summed E-state index contributed by atoms with van der Waals surface area (Å²) >= 11 is 1.80. The predicted molar refractivity (Wildman–Crippen MR) is 75.3 cm³/mol. The second kappa shape index (κ2) is 6.53. The fourth-order valence-electron chi connectivity index (χ4n) is 2.76.